The summed E-state index contributed by atoms with van der Waals surface area (Å²) in [5, 5.41) is 1.52. The lowest BCUT2D eigenvalue weighted by atomic mass is 10.2. The van der Waals surface area contributed by atoms with Gasteiger partial charge in [-0.15, -0.1) is 17.9 Å². The predicted molar refractivity (Wildman–Crippen MR) is 78.4 cm³/mol. The summed E-state index contributed by atoms with van der Waals surface area (Å²) in [5.41, 5.74) is 6.54. The number of carbonyl (C=O) groups is 1. The van der Waals surface area contributed by atoms with Crippen LogP contribution in [0.1, 0.15) is 9.67 Å². The van der Waals surface area contributed by atoms with Gasteiger partial charge in [-0.3, -0.25) is 4.79 Å². The molecular weight excluding hydrogens is 268 g/mol. The molecule has 5 heteroatoms. The first kappa shape index (κ1) is 12.9. The average Bonchev–Trinajstić information content (AvgIpc) is 2.65. The van der Waals surface area contributed by atoms with Crippen molar-refractivity contribution in [1.82, 2.24) is 4.90 Å². The smallest absolute Gasteiger partial charge is 0.266 e. The molecule has 0 unspecified atom stereocenters. The van der Waals surface area contributed by atoms with Gasteiger partial charge in [0.1, 0.15) is 4.88 Å². The minimum atomic E-state index is -0.0928. The first-order valence-electron chi connectivity index (χ1n) is 5.38. The fraction of sp³-hybridized carbons (Fsp3) is 0.154. The van der Waals surface area contributed by atoms with Crippen molar-refractivity contribution in [2.45, 2.75) is 0 Å². The standard InChI is InChI=1S/C13H13ClN2OS/c1-3-6-16(2)13(17)12-11(15)9-5-4-8(14)7-10(9)18-12/h3-5,7H,1,6,15H2,2H3. The van der Waals surface area contributed by atoms with E-state index in [1.165, 1.54) is 11.3 Å². The number of hydrogen-bond donors (Lipinski definition) is 1. The quantitative estimate of drug-likeness (QED) is 0.876. The second-order valence-electron chi connectivity index (χ2n) is 3.96. The molecule has 3 nitrogen and oxygen atoms in total. The Morgan fingerprint density at radius 3 is 3.00 bits per heavy atom. The zero-order chi connectivity index (χ0) is 13.3. The molecule has 0 spiro atoms. The number of fused-ring (bicyclic) bond motifs is 1. The van der Waals surface area contributed by atoms with Gasteiger partial charge in [0, 0.05) is 28.7 Å². The number of likely N-dealkylation sites (N-methyl/N-ethyl adjacent to an activating group) is 1. The van der Waals surface area contributed by atoms with Crippen molar-refractivity contribution in [2.75, 3.05) is 19.3 Å². The van der Waals surface area contributed by atoms with Crippen molar-refractivity contribution < 1.29 is 4.79 Å². The van der Waals surface area contributed by atoms with Crippen LogP contribution in [0.5, 0.6) is 0 Å². The molecule has 1 amide bonds. The van der Waals surface area contributed by atoms with Crippen LogP contribution >= 0.6 is 22.9 Å². The van der Waals surface area contributed by atoms with Crippen molar-refractivity contribution in [3.8, 4) is 0 Å². The van der Waals surface area contributed by atoms with Crippen LogP contribution in [0.3, 0.4) is 0 Å². The summed E-state index contributed by atoms with van der Waals surface area (Å²) in [6, 6.07) is 5.44. The molecule has 0 bridgehead atoms. The van der Waals surface area contributed by atoms with Crippen LogP contribution in [0.25, 0.3) is 10.1 Å². The summed E-state index contributed by atoms with van der Waals surface area (Å²) in [6.45, 7) is 4.11. The minimum Gasteiger partial charge on any atom is -0.397 e. The molecule has 0 aliphatic rings. The summed E-state index contributed by atoms with van der Waals surface area (Å²) in [7, 11) is 1.72. The molecule has 0 atom stereocenters. The van der Waals surface area contributed by atoms with E-state index in [1.807, 2.05) is 12.1 Å². The highest BCUT2D eigenvalue weighted by molar-refractivity contribution is 7.21. The topological polar surface area (TPSA) is 46.3 Å². The van der Waals surface area contributed by atoms with E-state index in [9.17, 15) is 4.79 Å². The largest absolute Gasteiger partial charge is 0.397 e. The SMILES string of the molecule is C=CCN(C)C(=O)c1sc2cc(Cl)ccc2c1N. The van der Waals surface area contributed by atoms with Gasteiger partial charge >= 0.3 is 0 Å². The highest BCUT2D eigenvalue weighted by Gasteiger charge is 2.19. The maximum atomic E-state index is 12.2. The maximum Gasteiger partial charge on any atom is 0.266 e. The molecule has 0 fully saturated rings. The Bertz CT molecular complexity index is 621. The van der Waals surface area contributed by atoms with Gasteiger partial charge < -0.3 is 10.6 Å². The van der Waals surface area contributed by atoms with Crippen LogP contribution in [0.4, 0.5) is 5.69 Å². The lowest BCUT2D eigenvalue weighted by molar-refractivity contribution is 0.0816. The lowest BCUT2D eigenvalue weighted by Crippen LogP contribution is -2.26. The zero-order valence-electron chi connectivity index (χ0n) is 9.94. The van der Waals surface area contributed by atoms with Gasteiger partial charge in [-0.25, -0.2) is 0 Å². The number of carbonyl (C=O) groups excluding carboxylic acids is 1. The number of amides is 1. The highest BCUT2D eigenvalue weighted by atomic mass is 35.5. The van der Waals surface area contributed by atoms with Gasteiger partial charge in [0.25, 0.3) is 5.91 Å². The van der Waals surface area contributed by atoms with Crippen LogP contribution in [0.15, 0.2) is 30.9 Å². The third-order valence-electron chi connectivity index (χ3n) is 2.63. The molecule has 2 N–H and O–H groups in total. The maximum absolute atomic E-state index is 12.2. The van der Waals surface area contributed by atoms with E-state index >= 15 is 0 Å². The number of benzene rings is 1. The number of hydrogen-bond acceptors (Lipinski definition) is 3. The Morgan fingerprint density at radius 1 is 1.61 bits per heavy atom. The Morgan fingerprint density at radius 2 is 2.33 bits per heavy atom. The van der Waals surface area contributed by atoms with Crippen LogP contribution in [0, 0.1) is 0 Å². The summed E-state index contributed by atoms with van der Waals surface area (Å²) in [5.74, 6) is -0.0928. The Labute approximate surface area is 114 Å². The zero-order valence-corrected chi connectivity index (χ0v) is 11.5. The molecule has 0 aliphatic carbocycles. The number of nitrogens with two attached hydrogens (primary N) is 1. The Hall–Kier alpha value is -1.52. The number of nitrogens with zero attached hydrogens (tertiary/aromatic N) is 1. The minimum absolute atomic E-state index is 0.0928. The number of thiophene rings is 1. The van der Waals surface area contributed by atoms with Crippen molar-refractivity contribution in [1.29, 1.82) is 0 Å². The van der Waals surface area contributed by atoms with E-state index < -0.39 is 0 Å². The summed E-state index contributed by atoms with van der Waals surface area (Å²) in [4.78, 5) is 14.3. The number of nitrogen functional groups attached to an aromatic ring is 1. The molecular formula is C13H13ClN2OS. The molecule has 1 aromatic heterocycles. The van der Waals surface area contributed by atoms with E-state index in [4.69, 9.17) is 17.3 Å². The molecule has 1 heterocycles. The normalized spacial score (nSPS) is 10.6. The average molecular weight is 281 g/mol. The van der Waals surface area contributed by atoms with Crippen molar-refractivity contribution >= 4 is 44.6 Å². The highest BCUT2D eigenvalue weighted by Crippen LogP contribution is 2.35. The van der Waals surface area contributed by atoms with E-state index in [-0.39, 0.29) is 5.91 Å². The van der Waals surface area contributed by atoms with E-state index in [2.05, 4.69) is 6.58 Å². The third kappa shape index (κ3) is 2.21. The summed E-state index contributed by atoms with van der Waals surface area (Å²) >= 11 is 7.29. The monoisotopic (exact) mass is 280 g/mol. The van der Waals surface area contributed by atoms with Gasteiger partial charge in [-0.2, -0.15) is 0 Å². The fourth-order valence-corrected chi connectivity index (χ4v) is 3.09. The Kier molecular flexibility index (Phi) is 3.59. The van der Waals surface area contributed by atoms with Crippen LogP contribution in [0.2, 0.25) is 5.02 Å². The molecule has 2 aromatic rings. The van der Waals surface area contributed by atoms with Gasteiger partial charge in [-0.1, -0.05) is 17.7 Å². The first-order valence-corrected chi connectivity index (χ1v) is 6.58. The molecule has 0 radical (unpaired) electrons. The number of halogens is 1. The van der Waals surface area contributed by atoms with Gasteiger partial charge in [-0.05, 0) is 18.2 Å². The van der Waals surface area contributed by atoms with Crippen LogP contribution in [-0.4, -0.2) is 24.4 Å². The number of rotatable bonds is 3. The molecule has 18 heavy (non-hydrogen) atoms. The molecule has 0 saturated heterocycles. The first-order chi connectivity index (χ1) is 8.54. The molecule has 2 rings (SSSR count). The van der Waals surface area contributed by atoms with Crippen LogP contribution in [-0.2, 0) is 0 Å². The molecule has 94 valence electrons. The second kappa shape index (κ2) is 5.00. The van der Waals surface area contributed by atoms with E-state index in [0.717, 1.165) is 10.1 Å². The van der Waals surface area contributed by atoms with Crippen LogP contribution < -0.4 is 5.73 Å². The lowest BCUT2D eigenvalue weighted by Gasteiger charge is -2.13. The predicted octanol–water partition coefficient (Wildman–Crippen LogP) is 3.39. The second-order valence-corrected chi connectivity index (χ2v) is 5.45. The van der Waals surface area contributed by atoms with E-state index in [0.29, 0.717) is 22.1 Å². The fourth-order valence-electron chi connectivity index (χ4n) is 1.70. The van der Waals surface area contributed by atoms with Gasteiger partial charge in [0.05, 0.1) is 5.69 Å². The van der Waals surface area contributed by atoms with Gasteiger partial charge in [0.15, 0.2) is 0 Å². The summed E-state index contributed by atoms with van der Waals surface area (Å²) in [6.07, 6.45) is 1.68. The molecule has 0 aliphatic heterocycles. The number of anilines is 1. The van der Waals surface area contributed by atoms with Crippen molar-refractivity contribution in [3.63, 3.8) is 0 Å². The van der Waals surface area contributed by atoms with Crippen molar-refractivity contribution in [2.24, 2.45) is 0 Å². The third-order valence-corrected chi connectivity index (χ3v) is 4.03. The van der Waals surface area contributed by atoms with E-state index in [1.54, 1.807) is 24.1 Å². The summed E-state index contributed by atoms with van der Waals surface area (Å²) < 4.78 is 0.926. The van der Waals surface area contributed by atoms with Crippen molar-refractivity contribution in [3.05, 3.63) is 40.8 Å². The molecule has 0 saturated carbocycles. The van der Waals surface area contributed by atoms with Gasteiger partial charge in [0.2, 0.25) is 0 Å². The molecule has 1 aromatic carbocycles. The Balaban J connectivity index is 2.48.